The van der Waals surface area contributed by atoms with Crippen LogP contribution >= 0.6 is 24.8 Å². The molecule has 164 valence electrons. The summed E-state index contributed by atoms with van der Waals surface area (Å²) < 4.78 is 18.2. The Morgan fingerprint density at radius 3 is 2.72 bits per heavy atom. The highest BCUT2D eigenvalue weighted by molar-refractivity contribution is 6.49. The van der Waals surface area contributed by atoms with Crippen molar-refractivity contribution >= 4 is 64.3 Å². The number of aromatic nitrogens is 3. The quantitative estimate of drug-likeness (QED) is 0.438. The smallest absolute Gasteiger partial charge is 0.261 e. The molecule has 4 aromatic rings. The lowest BCUT2D eigenvalue weighted by Crippen LogP contribution is -2.23. The fourth-order valence-electron chi connectivity index (χ4n) is 4.50. The van der Waals surface area contributed by atoms with Gasteiger partial charge in [-0.15, -0.1) is 24.8 Å². The lowest BCUT2D eigenvalue weighted by atomic mass is 9.98. The van der Waals surface area contributed by atoms with Crippen LogP contribution in [-0.4, -0.2) is 32.3 Å². The lowest BCUT2D eigenvalue weighted by Gasteiger charge is -2.06. The summed E-state index contributed by atoms with van der Waals surface area (Å²) in [5.41, 5.74) is 3.96. The van der Waals surface area contributed by atoms with Crippen molar-refractivity contribution in [3.8, 4) is 0 Å². The molecule has 0 spiro atoms. The summed E-state index contributed by atoms with van der Waals surface area (Å²) in [5, 5.41) is 6.31. The summed E-state index contributed by atoms with van der Waals surface area (Å²) in [6.07, 6.45) is 5.22. The number of amides is 2. The van der Waals surface area contributed by atoms with E-state index < -0.39 is 11.8 Å². The maximum Gasteiger partial charge on any atom is 0.261 e. The Hall–Kier alpha value is -3.20. The maximum atomic E-state index is 14.4. The third-order valence-corrected chi connectivity index (χ3v) is 5.73. The van der Waals surface area contributed by atoms with Crippen LogP contribution in [0.1, 0.15) is 16.8 Å². The van der Waals surface area contributed by atoms with Gasteiger partial charge in [0.05, 0.1) is 28.6 Å². The zero-order valence-electron chi connectivity index (χ0n) is 16.6. The van der Waals surface area contributed by atoms with E-state index in [1.807, 2.05) is 29.0 Å². The van der Waals surface area contributed by atoms with Crippen molar-refractivity contribution in [1.29, 1.82) is 0 Å². The molecule has 10 heteroatoms. The second-order valence-corrected chi connectivity index (χ2v) is 7.48. The van der Waals surface area contributed by atoms with Gasteiger partial charge in [0.15, 0.2) is 0 Å². The van der Waals surface area contributed by atoms with Crippen LogP contribution in [0.2, 0.25) is 0 Å². The predicted octanol–water partition coefficient (Wildman–Crippen LogP) is 2.94. The van der Waals surface area contributed by atoms with Crippen molar-refractivity contribution in [3.63, 3.8) is 0 Å². The molecular weight excluding hydrogens is 456 g/mol. The summed E-state index contributed by atoms with van der Waals surface area (Å²) in [7, 11) is 0. The van der Waals surface area contributed by atoms with Crippen molar-refractivity contribution in [3.05, 3.63) is 71.6 Å². The Kier molecular flexibility index (Phi) is 5.54. The molecule has 32 heavy (non-hydrogen) atoms. The van der Waals surface area contributed by atoms with Gasteiger partial charge in [0.2, 0.25) is 0 Å². The van der Waals surface area contributed by atoms with E-state index in [0.717, 1.165) is 17.6 Å². The molecule has 7 nitrogen and oxygen atoms in total. The fraction of sp³-hybridized carbons (Fsp3) is 0.136. The summed E-state index contributed by atoms with van der Waals surface area (Å²) in [6, 6.07) is 8.46. The number of carbonyl (C=O) groups excluding carboxylic acids is 2. The van der Waals surface area contributed by atoms with Crippen LogP contribution in [-0.2, 0) is 22.7 Å². The summed E-state index contributed by atoms with van der Waals surface area (Å²) in [6.45, 7) is 1.95. The van der Waals surface area contributed by atoms with E-state index in [2.05, 4.69) is 15.6 Å². The fourth-order valence-corrected chi connectivity index (χ4v) is 4.50. The molecule has 0 unspecified atom stereocenters. The molecule has 3 aromatic heterocycles. The van der Waals surface area contributed by atoms with E-state index in [0.29, 0.717) is 35.4 Å². The predicted molar refractivity (Wildman–Crippen MR) is 123 cm³/mol. The van der Waals surface area contributed by atoms with Gasteiger partial charge in [-0.2, -0.15) is 0 Å². The third kappa shape index (κ3) is 3.10. The lowest BCUT2D eigenvalue weighted by molar-refractivity contribution is -0.122. The number of hydrogen-bond donors (Lipinski definition) is 2. The van der Waals surface area contributed by atoms with Gasteiger partial charge in [0.1, 0.15) is 11.5 Å². The molecule has 1 aromatic carbocycles. The van der Waals surface area contributed by atoms with E-state index in [-0.39, 0.29) is 41.8 Å². The average molecular weight is 474 g/mol. The highest BCUT2D eigenvalue weighted by atomic mass is 35.5. The number of benzene rings is 1. The first-order valence-electron chi connectivity index (χ1n) is 9.66. The number of hydrogen-bond acceptors (Lipinski definition) is 4. The molecule has 2 aliphatic rings. The van der Waals surface area contributed by atoms with E-state index in [4.69, 9.17) is 0 Å². The van der Waals surface area contributed by atoms with Crippen LogP contribution in [0.15, 0.2) is 48.9 Å². The van der Waals surface area contributed by atoms with E-state index in [9.17, 15) is 14.0 Å². The first-order valence-corrected chi connectivity index (χ1v) is 9.66. The molecule has 2 amide bonds. The van der Waals surface area contributed by atoms with Gasteiger partial charge in [0, 0.05) is 43.0 Å². The molecule has 5 heterocycles. The topological polar surface area (TPSA) is 80.4 Å². The first kappa shape index (κ1) is 22.0. The summed E-state index contributed by atoms with van der Waals surface area (Å²) >= 11 is 0. The minimum atomic E-state index is -0.485. The molecule has 0 saturated heterocycles. The van der Waals surface area contributed by atoms with Crippen molar-refractivity contribution in [2.75, 3.05) is 6.54 Å². The number of carbonyl (C=O) groups is 2. The van der Waals surface area contributed by atoms with Gasteiger partial charge in [-0.1, -0.05) is 6.07 Å². The molecule has 6 rings (SSSR count). The van der Waals surface area contributed by atoms with Gasteiger partial charge < -0.3 is 9.88 Å². The van der Waals surface area contributed by atoms with E-state index in [1.54, 1.807) is 16.8 Å². The number of nitrogens with zero attached hydrogens (tertiary/aromatic N) is 3. The molecular formula is C22H18Cl2FN5O2. The van der Waals surface area contributed by atoms with Crippen LogP contribution < -0.4 is 10.6 Å². The zero-order chi connectivity index (χ0) is 20.4. The minimum absolute atomic E-state index is 0. The van der Waals surface area contributed by atoms with Gasteiger partial charge in [-0.05, 0) is 29.8 Å². The monoisotopic (exact) mass is 473 g/mol. The van der Waals surface area contributed by atoms with Crippen LogP contribution in [0.4, 0.5) is 4.39 Å². The maximum absolute atomic E-state index is 14.4. The second-order valence-electron chi connectivity index (χ2n) is 7.48. The van der Waals surface area contributed by atoms with Gasteiger partial charge in [0.25, 0.3) is 11.8 Å². The number of imide groups is 1. The molecule has 0 aliphatic carbocycles. The van der Waals surface area contributed by atoms with Crippen molar-refractivity contribution in [2.24, 2.45) is 0 Å². The average Bonchev–Trinajstić information content (AvgIpc) is 3.33. The molecule has 0 fully saturated rings. The molecule has 2 aliphatic heterocycles. The molecule has 0 saturated carbocycles. The summed E-state index contributed by atoms with van der Waals surface area (Å²) in [5.74, 6) is -1.34. The summed E-state index contributed by atoms with van der Waals surface area (Å²) in [4.78, 5) is 30.0. The Labute approximate surface area is 194 Å². The van der Waals surface area contributed by atoms with Gasteiger partial charge in [-0.25, -0.2) is 9.37 Å². The number of imidazole rings is 1. The van der Waals surface area contributed by atoms with Crippen molar-refractivity contribution in [1.82, 2.24) is 24.6 Å². The Balaban J connectivity index is 0.00000122. The third-order valence-electron chi connectivity index (χ3n) is 5.73. The SMILES string of the molecule is Cl.Cl.O=C1NC(=O)C(c2cnc3ccccn23)=C1c1cn2c3c(cc(F)cc13)CNCC2. The largest absolute Gasteiger partial charge is 0.345 e. The van der Waals surface area contributed by atoms with Crippen LogP contribution in [0.25, 0.3) is 27.7 Å². The number of halogens is 3. The van der Waals surface area contributed by atoms with Crippen molar-refractivity contribution in [2.45, 2.75) is 13.1 Å². The Bertz CT molecular complexity index is 1440. The molecule has 2 N–H and O–H groups in total. The number of nitrogens with one attached hydrogen (secondary N) is 2. The molecule has 0 radical (unpaired) electrons. The van der Waals surface area contributed by atoms with Gasteiger partial charge in [-0.3, -0.25) is 19.3 Å². The van der Waals surface area contributed by atoms with E-state index >= 15 is 0 Å². The molecule has 0 bridgehead atoms. The second kappa shape index (κ2) is 8.05. The zero-order valence-corrected chi connectivity index (χ0v) is 18.2. The Morgan fingerprint density at radius 1 is 1.06 bits per heavy atom. The Morgan fingerprint density at radius 2 is 1.88 bits per heavy atom. The molecule has 0 atom stereocenters. The highest BCUT2D eigenvalue weighted by Gasteiger charge is 2.35. The van der Waals surface area contributed by atoms with Crippen LogP contribution in [0.3, 0.4) is 0 Å². The number of rotatable bonds is 2. The minimum Gasteiger partial charge on any atom is -0.345 e. The highest BCUT2D eigenvalue weighted by Crippen LogP contribution is 2.37. The number of pyridine rings is 1. The van der Waals surface area contributed by atoms with Crippen LogP contribution in [0.5, 0.6) is 0 Å². The van der Waals surface area contributed by atoms with Crippen LogP contribution in [0, 0.1) is 5.82 Å². The first-order chi connectivity index (χ1) is 14.6. The van der Waals surface area contributed by atoms with Gasteiger partial charge >= 0.3 is 0 Å². The van der Waals surface area contributed by atoms with Crippen molar-refractivity contribution < 1.29 is 14.0 Å². The standard InChI is InChI=1S/C22H16FN5O2.2ClH/c23-13-7-12-9-24-4-6-27-11-15(14(8-13)20(12)27)18-19(22(30)26-21(18)29)16-10-25-17-3-1-2-5-28(16)17;;/h1-3,5,7-8,10-11,24H,4,6,9H2,(H,26,29,30);2*1H. The normalized spacial score (nSPS) is 15.5. The number of fused-ring (bicyclic) bond motifs is 1. The van der Waals surface area contributed by atoms with E-state index in [1.165, 1.54) is 12.1 Å².